The molecule has 0 radical (unpaired) electrons. The second-order valence-corrected chi connectivity index (χ2v) is 3.12. The van der Waals surface area contributed by atoms with Gasteiger partial charge < -0.3 is 10.8 Å². The number of aliphatic hydroxyl groups excluding tert-OH is 1. The van der Waals surface area contributed by atoms with Crippen LogP contribution in [0.25, 0.3) is 0 Å². The highest BCUT2D eigenvalue weighted by molar-refractivity contribution is 7.99. The quantitative estimate of drug-likeness (QED) is 0.657. The Labute approximate surface area is 69.6 Å². The van der Waals surface area contributed by atoms with Gasteiger partial charge in [0, 0.05) is 16.8 Å². The monoisotopic (exact) mass is 170 g/mol. The molecule has 60 valence electrons. The average Bonchev–Trinajstić information content (AvgIpc) is 2.03. The fourth-order valence-electron chi connectivity index (χ4n) is 0.681. The molecule has 4 heteroatoms. The zero-order valence-corrected chi connectivity index (χ0v) is 6.84. The van der Waals surface area contributed by atoms with Crippen LogP contribution >= 0.6 is 11.8 Å². The molecule has 11 heavy (non-hydrogen) atoms. The summed E-state index contributed by atoms with van der Waals surface area (Å²) < 4.78 is 0. The molecule has 0 amide bonds. The molecule has 0 aromatic carbocycles. The lowest BCUT2D eigenvalue weighted by molar-refractivity contribution is 0.322. The molecular weight excluding hydrogens is 160 g/mol. The fraction of sp³-hybridized carbons (Fsp3) is 0.286. The Kier molecular flexibility index (Phi) is 3.19. The van der Waals surface area contributed by atoms with Crippen LogP contribution in [-0.2, 0) is 0 Å². The number of nitrogens with zero attached hydrogens (tertiary/aromatic N) is 1. The minimum absolute atomic E-state index is 0.173. The van der Waals surface area contributed by atoms with E-state index >= 15 is 0 Å². The van der Waals surface area contributed by atoms with Crippen molar-refractivity contribution in [2.24, 2.45) is 0 Å². The third-order valence-corrected chi connectivity index (χ3v) is 2.23. The van der Waals surface area contributed by atoms with E-state index in [9.17, 15) is 0 Å². The van der Waals surface area contributed by atoms with Crippen molar-refractivity contribution in [1.29, 1.82) is 0 Å². The number of nitrogens with two attached hydrogens (primary N) is 1. The Morgan fingerprint density at radius 3 is 3.09 bits per heavy atom. The fourth-order valence-corrected chi connectivity index (χ4v) is 1.37. The van der Waals surface area contributed by atoms with E-state index in [0.29, 0.717) is 11.4 Å². The van der Waals surface area contributed by atoms with Crippen LogP contribution in [0.1, 0.15) is 0 Å². The van der Waals surface area contributed by atoms with Crippen LogP contribution in [0.15, 0.2) is 23.4 Å². The van der Waals surface area contributed by atoms with Gasteiger partial charge in [0.2, 0.25) is 0 Å². The number of pyridine rings is 1. The molecule has 0 bridgehead atoms. The molecule has 0 spiro atoms. The van der Waals surface area contributed by atoms with Gasteiger partial charge in [-0.2, -0.15) is 0 Å². The van der Waals surface area contributed by atoms with Gasteiger partial charge in [0.25, 0.3) is 0 Å². The van der Waals surface area contributed by atoms with Gasteiger partial charge in [-0.05, 0) is 6.07 Å². The van der Waals surface area contributed by atoms with Gasteiger partial charge in [0.1, 0.15) is 0 Å². The Hall–Kier alpha value is -0.740. The van der Waals surface area contributed by atoms with Gasteiger partial charge in [-0.3, -0.25) is 4.98 Å². The molecule has 0 unspecified atom stereocenters. The van der Waals surface area contributed by atoms with E-state index in [1.165, 1.54) is 11.8 Å². The van der Waals surface area contributed by atoms with Gasteiger partial charge >= 0.3 is 0 Å². The van der Waals surface area contributed by atoms with Gasteiger partial charge in [0.05, 0.1) is 18.5 Å². The number of rotatable bonds is 3. The number of nitrogen functional groups attached to an aromatic ring is 1. The van der Waals surface area contributed by atoms with E-state index in [4.69, 9.17) is 10.8 Å². The number of hydrogen-bond donors (Lipinski definition) is 2. The summed E-state index contributed by atoms with van der Waals surface area (Å²) in [5, 5.41) is 8.54. The molecule has 1 aromatic rings. The first kappa shape index (κ1) is 8.36. The first-order chi connectivity index (χ1) is 5.34. The van der Waals surface area contributed by atoms with E-state index in [1.54, 1.807) is 12.4 Å². The van der Waals surface area contributed by atoms with Crippen molar-refractivity contribution in [3.63, 3.8) is 0 Å². The minimum Gasteiger partial charge on any atom is -0.397 e. The number of hydrogen-bond acceptors (Lipinski definition) is 4. The normalized spacial score (nSPS) is 9.91. The Balaban J connectivity index is 2.62. The lowest BCUT2D eigenvalue weighted by Gasteiger charge is -2.01. The summed E-state index contributed by atoms with van der Waals surface area (Å²) in [7, 11) is 0. The molecule has 0 fully saturated rings. The zero-order chi connectivity index (χ0) is 8.10. The predicted molar refractivity (Wildman–Crippen MR) is 46.5 cm³/mol. The molecular formula is C7H10N2OS. The molecule has 0 atom stereocenters. The highest BCUT2D eigenvalue weighted by Crippen LogP contribution is 2.22. The number of anilines is 1. The van der Waals surface area contributed by atoms with Crippen molar-refractivity contribution >= 4 is 17.4 Å². The Morgan fingerprint density at radius 1 is 1.64 bits per heavy atom. The molecule has 1 heterocycles. The molecule has 1 aromatic heterocycles. The standard InChI is InChI=1S/C7H10N2OS/c8-6-5-9-2-1-7(6)11-4-3-10/h1-2,5,10H,3-4,8H2. The first-order valence-corrected chi connectivity index (χ1v) is 4.26. The highest BCUT2D eigenvalue weighted by Gasteiger charge is 1.96. The van der Waals surface area contributed by atoms with Gasteiger partial charge in [-0.1, -0.05) is 0 Å². The van der Waals surface area contributed by atoms with Crippen LogP contribution in [0.5, 0.6) is 0 Å². The van der Waals surface area contributed by atoms with E-state index in [2.05, 4.69) is 4.98 Å². The van der Waals surface area contributed by atoms with E-state index in [1.807, 2.05) is 6.07 Å². The molecule has 1 rings (SSSR count). The van der Waals surface area contributed by atoms with Gasteiger partial charge in [0.15, 0.2) is 0 Å². The summed E-state index contributed by atoms with van der Waals surface area (Å²) in [4.78, 5) is 4.83. The summed E-state index contributed by atoms with van der Waals surface area (Å²) in [6, 6.07) is 1.84. The molecule has 3 nitrogen and oxygen atoms in total. The molecule has 0 aliphatic rings. The summed E-state index contributed by atoms with van der Waals surface area (Å²) in [6.07, 6.45) is 3.30. The summed E-state index contributed by atoms with van der Waals surface area (Å²) in [5.74, 6) is 0.675. The lowest BCUT2D eigenvalue weighted by Crippen LogP contribution is -1.91. The molecule has 0 aliphatic heterocycles. The third kappa shape index (κ3) is 2.40. The van der Waals surface area contributed by atoms with Crippen LogP contribution < -0.4 is 5.73 Å². The van der Waals surface area contributed by atoms with Crippen LogP contribution in [0, 0.1) is 0 Å². The van der Waals surface area contributed by atoms with Crippen molar-refractivity contribution in [1.82, 2.24) is 4.98 Å². The number of aromatic nitrogens is 1. The average molecular weight is 170 g/mol. The summed E-state index contributed by atoms with van der Waals surface area (Å²) in [6.45, 7) is 0.173. The zero-order valence-electron chi connectivity index (χ0n) is 6.03. The molecule has 3 N–H and O–H groups in total. The molecule has 0 saturated carbocycles. The molecule has 0 saturated heterocycles. The smallest absolute Gasteiger partial charge is 0.0638 e. The van der Waals surface area contributed by atoms with Crippen molar-refractivity contribution in [2.45, 2.75) is 4.90 Å². The summed E-state index contributed by atoms with van der Waals surface area (Å²) in [5.41, 5.74) is 6.27. The highest BCUT2D eigenvalue weighted by atomic mass is 32.2. The second-order valence-electron chi connectivity index (χ2n) is 1.99. The maximum Gasteiger partial charge on any atom is 0.0638 e. The number of thioether (sulfide) groups is 1. The van der Waals surface area contributed by atoms with Crippen LogP contribution in [-0.4, -0.2) is 22.5 Å². The van der Waals surface area contributed by atoms with E-state index < -0.39 is 0 Å². The van der Waals surface area contributed by atoms with Crippen LogP contribution in [0.4, 0.5) is 5.69 Å². The minimum atomic E-state index is 0.173. The predicted octanol–water partition coefficient (Wildman–Crippen LogP) is 0.748. The third-order valence-electron chi connectivity index (χ3n) is 1.16. The van der Waals surface area contributed by atoms with E-state index in [-0.39, 0.29) is 6.61 Å². The van der Waals surface area contributed by atoms with E-state index in [0.717, 1.165) is 4.90 Å². The van der Waals surface area contributed by atoms with Crippen molar-refractivity contribution in [2.75, 3.05) is 18.1 Å². The molecule has 0 aliphatic carbocycles. The topological polar surface area (TPSA) is 59.1 Å². The van der Waals surface area contributed by atoms with Crippen molar-refractivity contribution in [3.05, 3.63) is 18.5 Å². The Morgan fingerprint density at radius 2 is 2.45 bits per heavy atom. The van der Waals surface area contributed by atoms with Crippen molar-refractivity contribution in [3.8, 4) is 0 Å². The van der Waals surface area contributed by atoms with Gasteiger partial charge in [-0.25, -0.2) is 0 Å². The second kappa shape index (κ2) is 4.20. The largest absolute Gasteiger partial charge is 0.397 e. The summed E-state index contributed by atoms with van der Waals surface area (Å²) >= 11 is 1.53. The van der Waals surface area contributed by atoms with Crippen molar-refractivity contribution < 1.29 is 5.11 Å². The lowest BCUT2D eigenvalue weighted by atomic mass is 10.4. The van der Waals surface area contributed by atoms with Crippen LogP contribution in [0.3, 0.4) is 0 Å². The van der Waals surface area contributed by atoms with Crippen LogP contribution in [0.2, 0.25) is 0 Å². The number of aliphatic hydroxyl groups is 1. The SMILES string of the molecule is Nc1cnccc1SCCO. The maximum atomic E-state index is 8.54. The first-order valence-electron chi connectivity index (χ1n) is 3.27. The maximum absolute atomic E-state index is 8.54. The Bertz CT molecular complexity index is 229. The van der Waals surface area contributed by atoms with Gasteiger partial charge in [-0.15, -0.1) is 11.8 Å².